The van der Waals surface area contributed by atoms with E-state index in [4.69, 9.17) is 9.47 Å². The van der Waals surface area contributed by atoms with Gasteiger partial charge in [-0.2, -0.15) is 0 Å². The molecule has 1 atom stereocenters. The minimum atomic E-state index is -0.666. The molecule has 2 N–H and O–H groups in total. The number of benzene rings is 3. The van der Waals surface area contributed by atoms with Crippen LogP contribution in [0.2, 0.25) is 0 Å². The van der Waals surface area contributed by atoms with Gasteiger partial charge in [-0.1, -0.05) is 24.3 Å². The van der Waals surface area contributed by atoms with E-state index in [1.54, 1.807) is 50.4 Å². The smallest absolute Gasteiger partial charge is 0.265 e. The average Bonchev–Trinajstić information content (AvgIpc) is 2.74. The van der Waals surface area contributed by atoms with E-state index >= 15 is 0 Å². The molecule has 154 valence electrons. The fourth-order valence-electron chi connectivity index (χ4n) is 2.84. The number of methoxy groups -OCH3 is 1. The third-order valence-electron chi connectivity index (χ3n) is 4.44. The lowest BCUT2D eigenvalue weighted by molar-refractivity contribution is -0.122. The van der Waals surface area contributed by atoms with Gasteiger partial charge in [0, 0.05) is 11.3 Å². The SMILES string of the molecule is COc1ccccc1NC(=O)c1ccc(NC(=O)[C@@H](C)Oc2cccc(C)c2)cc1. The van der Waals surface area contributed by atoms with E-state index in [1.807, 2.05) is 43.3 Å². The van der Waals surface area contributed by atoms with E-state index < -0.39 is 6.10 Å². The second kappa shape index (κ2) is 9.60. The summed E-state index contributed by atoms with van der Waals surface area (Å²) < 4.78 is 10.9. The van der Waals surface area contributed by atoms with Gasteiger partial charge in [0.05, 0.1) is 12.8 Å². The lowest BCUT2D eigenvalue weighted by Gasteiger charge is -2.15. The molecule has 0 fully saturated rings. The molecule has 0 saturated heterocycles. The monoisotopic (exact) mass is 404 g/mol. The normalized spacial score (nSPS) is 11.3. The molecule has 0 spiro atoms. The summed E-state index contributed by atoms with van der Waals surface area (Å²) in [4.78, 5) is 24.9. The Bertz CT molecular complexity index is 1030. The number of amides is 2. The van der Waals surface area contributed by atoms with Crippen LogP contribution in [0.3, 0.4) is 0 Å². The zero-order valence-electron chi connectivity index (χ0n) is 17.1. The van der Waals surface area contributed by atoms with E-state index in [0.717, 1.165) is 5.56 Å². The number of nitrogens with one attached hydrogen (secondary N) is 2. The predicted molar refractivity (Wildman–Crippen MR) is 117 cm³/mol. The van der Waals surface area contributed by atoms with Crippen molar-refractivity contribution in [2.45, 2.75) is 20.0 Å². The number of ether oxygens (including phenoxy) is 2. The quantitative estimate of drug-likeness (QED) is 0.600. The van der Waals surface area contributed by atoms with Crippen LogP contribution < -0.4 is 20.1 Å². The van der Waals surface area contributed by atoms with Gasteiger partial charge in [0.15, 0.2) is 6.10 Å². The first-order valence-electron chi connectivity index (χ1n) is 9.55. The van der Waals surface area contributed by atoms with Crippen molar-refractivity contribution in [3.8, 4) is 11.5 Å². The number of hydrogen-bond acceptors (Lipinski definition) is 4. The highest BCUT2D eigenvalue weighted by molar-refractivity contribution is 6.05. The Hall–Kier alpha value is -3.80. The zero-order valence-corrected chi connectivity index (χ0v) is 17.1. The van der Waals surface area contributed by atoms with Crippen LogP contribution in [0.15, 0.2) is 72.8 Å². The number of anilines is 2. The van der Waals surface area contributed by atoms with E-state index in [0.29, 0.717) is 28.4 Å². The van der Waals surface area contributed by atoms with Crippen LogP contribution in [0.4, 0.5) is 11.4 Å². The topological polar surface area (TPSA) is 76.7 Å². The minimum Gasteiger partial charge on any atom is -0.495 e. The highest BCUT2D eigenvalue weighted by Gasteiger charge is 2.15. The van der Waals surface area contributed by atoms with Crippen LogP contribution in [-0.2, 0) is 4.79 Å². The van der Waals surface area contributed by atoms with Crippen molar-refractivity contribution in [1.29, 1.82) is 0 Å². The average molecular weight is 404 g/mol. The molecule has 0 aromatic heterocycles. The van der Waals surface area contributed by atoms with Crippen LogP contribution >= 0.6 is 0 Å². The van der Waals surface area contributed by atoms with E-state index in [-0.39, 0.29) is 11.8 Å². The summed E-state index contributed by atoms with van der Waals surface area (Å²) in [6.07, 6.45) is -0.666. The Labute approximate surface area is 175 Å². The van der Waals surface area contributed by atoms with Gasteiger partial charge in [-0.3, -0.25) is 9.59 Å². The molecule has 0 aliphatic carbocycles. The molecule has 0 heterocycles. The van der Waals surface area contributed by atoms with Crippen LogP contribution in [0.1, 0.15) is 22.8 Å². The van der Waals surface area contributed by atoms with Gasteiger partial charge >= 0.3 is 0 Å². The molecule has 3 aromatic carbocycles. The second-order valence-electron chi connectivity index (χ2n) is 6.80. The zero-order chi connectivity index (χ0) is 21.5. The number of carbonyl (C=O) groups is 2. The lowest BCUT2D eigenvalue weighted by Crippen LogP contribution is -2.30. The van der Waals surface area contributed by atoms with E-state index in [2.05, 4.69) is 10.6 Å². The van der Waals surface area contributed by atoms with E-state index in [1.165, 1.54) is 0 Å². The summed E-state index contributed by atoms with van der Waals surface area (Å²) in [5, 5.41) is 5.61. The Balaban J connectivity index is 1.59. The van der Waals surface area contributed by atoms with Gasteiger partial charge in [0.1, 0.15) is 11.5 Å². The predicted octanol–water partition coefficient (Wildman–Crippen LogP) is 4.66. The first-order chi connectivity index (χ1) is 14.5. The molecular formula is C24H24N2O4. The molecule has 2 amide bonds. The van der Waals surface area contributed by atoms with Crippen LogP contribution in [0.25, 0.3) is 0 Å². The van der Waals surface area contributed by atoms with Gasteiger partial charge in [-0.15, -0.1) is 0 Å². The van der Waals surface area contributed by atoms with Gasteiger partial charge in [0.2, 0.25) is 0 Å². The first kappa shape index (κ1) is 20.9. The highest BCUT2D eigenvalue weighted by atomic mass is 16.5. The first-order valence-corrected chi connectivity index (χ1v) is 9.55. The molecular weight excluding hydrogens is 380 g/mol. The van der Waals surface area contributed by atoms with Crippen molar-refractivity contribution < 1.29 is 19.1 Å². The fourth-order valence-corrected chi connectivity index (χ4v) is 2.84. The maximum absolute atomic E-state index is 12.5. The molecule has 3 rings (SSSR count). The van der Waals surface area contributed by atoms with Crippen LogP contribution in [0, 0.1) is 6.92 Å². The Morgan fingerprint density at radius 3 is 2.33 bits per heavy atom. The molecule has 6 heteroatoms. The van der Waals surface area contributed by atoms with E-state index in [9.17, 15) is 9.59 Å². The standard InChI is InChI=1S/C24H24N2O4/c1-16-7-6-8-20(15-16)30-17(2)23(27)25-19-13-11-18(12-14-19)24(28)26-21-9-4-5-10-22(21)29-3/h4-15,17H,1-3H3,(H,25,27)(H,26,28)/t17-/m1/s1. The number of aryl methyl sites for hydroxylation is 1. The van der Waals surface area contributed by atoms with Crippen molar-refractivity contribution in [3.05, 3.63) is 83.9 Å². The molecule has 30 heavy (non-hydrogen) atoms. The van der Waals surface area contributed by atoms with Gasteiger partial charge in [-0.25, -0.2) is 0 Å². The Kier molecular flexibility index (Phi) is 6.70. The molecule has 0 bridgehead atoms. The largest absolute Gasteiger partial charge is 0.495 e. The van der Waals surface area contributed by atoms with Crippen molar-refractivity contribution >= 4 is 23.2 Å². The molecule has 0 aliphatic rings. The summed E-state index contributed by atoms with van der Waals surface area (Å²) in [5.74, 6) is 0.676. The lowest BCUT2D eigenvalue weighted by atomic mass is 10.1. The summed E-state index contributed by atoms with van der Waals surface area (Å²) in [5.41, 5.74) is 2.68. The Morgan fingerprint density at radius 1 is 0.900 bits per heavy atom. The molecule has 3 aromatic rings. The molecule has 0 saturated carbocycles. The number of hydrogen-bond donors (Lipinski definition) is 2. The van der Waals surface area contributed by atoms with Crippen molar-refractivity contribution in [2.75, 3.05) is 17.7 Å². The molecule has 0 unspecified atom stereocenters. The van der Waals surface area contributed by atoms with Crippen molar-refractivity contribution in [1.82, 2.24) is 0 Å². The summed E-state index contributed by atoms with van der Waals surface area (Å²) in [7, 11) is 1.55. The maximum atomic E-state index is 12.5. The van der Waals surface area contributed by atoms with Crippen LogP contribution in [-0.4, -0.2) is 25.0 Å². The fraction of sp³-hybridized carbons (Fsp3) is 0.167. The third-order valence-corrected chi connectivity index (χ3v) is 4.44. The highest BCUT2D eigenvalue weighted by Crippen LogP contribution is 2.24. The maximum Gasteiger partial charge on any atom is 0.265 e. The molecule has 0 radical (unpaired) electrons. The van der Waals surface area contributed by atoms with Gasteiger partial charge in [0.25, 0.3) is 11.8 Å². The van der Waals surface area contributed by atoms with Crippen molar-refractivity contribution in [3.63, 3.8) is 0 Å². The number of para-hydroxylation sites is 2. The van der Waals surface area contributed by atoms with Crippen molar-refractivity contribution in [2.24, 2.45) is 0 Å². The number of carbonyl (C=O) groups excluding carboxylic acids is 2. The summed E-state index contributed by atoms with van der Waals surface area (Å²) in [6.45, 7) is 3.65. The summed E-state index contributed by atoms with van der Waals surface area (Å²) in [6, 6.07) is 21.3. The van der Waals surface area contributed by atoms with Crippen LogP contribution in [0.5, 0.6) is 11.5 Å². The molecule has 6 nitrogen and oxygen atoms in total. The molecule has 0 aliphatic heterocycles. The number of rotatable bonds is 7. The van der Waals surface area contributed by atoms with Gasteiger partial charge in [-0.05, 0) is 67.9 Å². The Morgan fingerprint density at radius 2 is 1.63 bits per heavy atom. The summed E-state index contributed by atoms with van der Waals surface area (Å²) >= 11 is 0. The third kappa shape index (κ3) is 5.38. The second-order valence-corrected chi connectivity index (χ2v) is 6.80. The van der Waals surface area contributed by atoms with Gasteiger partial charge < -0.3 is 20.1 Å². The minimum absolute atomic E-state index is 0.270.